The van der Waals surface area contributed by atoms with Crippen molar-refractivity contribution in [3.05, 3.63) is 0 Å². The minimum atomic E-state index is -0.220. The molecule has 0 radical (unpaired) electrons. The molecule has 1 amide bonds. The van der Waals surface area contributed by atoms with Crippen molar-refractivity contribution in [1.82, 2.24) is 5.32 Å². The van der Waals surface area contributed by atoms with Crippen molar-refractivity contribution in [2.75, 3.05) is 0 Å². The minimum absolute atomic E-state index is 0. The van der Waals surface area contributed by atoms with Gasteiger partial charge in [-0.25, -0.2) is 0 Å². The van der Waals surface area contributed by atoms with Crippen molar-refractivity contribution < 1.29 is 6.22 Å². The molecule has 0 heterocycles. The van der Waals surface area contributed by atoms with E-state index in [1.165, 1.54) is 12.8 Å². The van der Waals surface area contributed by atoms with E-state index in [1.807, 2.05) is 20.8 Å². The third-order valence-electron chi connectivity index (χ3n) is 1.59. The van der Waals surface area contributed by atoms with E-state index < -0.39 is 0 Å². The summed E-state index contributed by atoms with van der Waals surface area (Å²) in [5.41, 5.74) is -0.220. The Morgan fingerprint density at radius 2 is 2.00 bits per heavy atom. The van der Waals surface area contributed by atoms with Crippen molar-refractivity contribution in [2.45, 2.75) is 39.7 Å². The van der Waals surface area contributed by atoms with Gasteiger partial charge in [-0.2, -0.15) is 0 Å². The van der Waals surface area contributed by atoms with Gasteiger partial charge in [0.1, 0.15) is 0 Å². The topological polar surface area (TPSA) is 29.1 Å². The van der Waals surface area contributed by atoms with Gasteiger partial charge < -0.3 is 5.32 Å². The number of hydrogen-bond donors (Lipinski definition) is 1. The van der Waals surface area contributed by atoms with Gasteiger partial charge in [-0.3, -0.25) is 4.79 Å². The predicted octanol–water partition coefficient (Wildman–Crippen LogP) is 1.56. The van der Waals surface area contributed by atoms with Crippen LogP contribution < -0.4 is 5.32 Å². The van der Waals surface area contributed by atoms with E-state index in [0.29, 0.717) is 6.04 Å². The lowest BCUT2D eigenvalue weighted by Gasteiger charge is -2.16. The van der Waals surface area contributed by atoms with Crippen molar-refractivity contribution in [3.63, 3.8) is 0 Å². The molecule has 1 N–H and O–H groups in total. The molecule has 0 unspecified atom stereocenters. The van der Waals surface area contributed by atoms with Crippen LogP contribution in [0.2, 0.25) is 0 Å². The van der Waals surface area contributed by atoms with Crippen molar-refractivity contribution in [1.29, 1.82) is 0 Å². The van der Waals surface area contributed by atoms with Crippen LogP contribution in [0.1, 0.15) is 35.0 Å². The standard InChI is InChI=1S/C8H15NO.H2/c1-8(2,3)7(10)9-6-4-5-6;/h6H,4-5H2,1-3H3,(H,9,10);1H. The molecule has 0 saturated heterocycles. The van der Waals surface area contributed by atoms with Crippen LogP contribution in [0.3, 0.4) is 0 Å². The first kappa shape index (κ1) is 7.58. The van der Waals surface area contributed by atoms with Gasteiger partial charge in [-0.1, -0.05) is 20.8 Å². The van der Waals surface area contributed by atoms with E-state index in [1.54, 1.807) is 0 Å². The third-order valence-corrected chi connectivity index (χ3v) is 1.59. The summed E-state index contributed by atoms with van der Waals surface area (Å²) < 4.78 is 0. The van der Waals surface area contributed by atoms with Crippen molar-refractivity contribution in [3.8, 4) is 0 Å². The summed E-state index contributed by atoms with van der Waals surface area (Å²) in [6, 6.07) is 0.492. The van der Waals surface area contributed by atoms with E-state index >= 15 is 0 Å². The first-order chi connectivity index (χ1) is 4.50. The van der Waals surface area contributed by atoms with Crippen LogP contribution >= 0.6 is 0 Å². The number of nitrogens with one attached hydrogen (secondary N) is 1. The first-order valence-corrected chi connectivity index (χ1v) is 3.81. The molecule has 0 aromatic carbocycles. The summed E-state index contributed by atoms with van der Waals surface area (Å²) >= 11 is 0. The number of carbonyl (C=O) groups is 1. The van der Waals surface area contributed by atoms with E-state index in [-0.39, 0.29) is 12.7 Å². The zero-order valence-electron chi connectivity index (χ0n) is 6.90. The highest BCUT2D eigenvalue weighted by Crippen LogP contribution is 2.21. The second kappa shape index (κ2) is 2.26. The van der Waals surface area contributed by atoms with Gasteiger partial charge in [0.05, 0.1) is 0 Å². The van der Waals surface area contributed by atoms with Gasteiger partial charge in [0.2, 0.25) is 5.91 Å². The number of amides is 1. The van der Waals surface area contributed by atoms with Gasteiger partial charge in [-0.05, 0) is 12.8 Å². The summed E-state index contributed by atoms with van der Waals surface area (Å²) in [6.45, 7) is 5.81. The quantitative estimate of drug-likeness (QED) is 0.593. The normalized spacial score (nSPS) is 18.7. The molecular formula is C8H17NO. The van der Waals surface area contributed by atoms with Gasteiger partial charge in [0.25, 0.3) is 0 Å². The molecule has 1 fully saturated rings. The molecule has 0 spiro atoms. The molecule has 2 nitrogen and oxygen atoms in total. The average molecular weight is 143 g/mol. The van der Waals surface area contributed by atoms with Crippen molar-refractivity contribution >= 4 is 5.91 Å². The number of carbonyl (C=O) groups excluding carboxylic acids is 1. The molecule has 0 aromatic rings. The second-order valence-corrected chi connectivity index (χ2v) is 4.00. The Morgan fingerprint density at radius 1 is 1.50 bits per heavy atom. The fourth-order valence-corrected chi connectivity index (χ4v) is 0.630. The fourth-order valence-electron chi connectivity index (χ4n) is 0.630. The van der Waals surface area contributed by atoms with E-state index in [2.05, 4.69) is 5.32 Å². The average Bonchev–Trinajstić information content (AvgIpc) is 2.47. The summed E-state index contributed by atoms with van der Waals surface area (Å²) in [5.74, 6) is 0.176. The Balaban J connectivity index is 0.000001000. The van der Waals surface area contributed by atoms with Crippen LogP contribution in [0.4, 0.5) is 0 Å². The minimum Gasteiger partial charge on any atom is -0.353 e. The maximum Gasteiger partial charge on any atom is 0.225 e. The van der Waals surface area contributed by atoms with Crippen molar-refractivity contribution in [2.24, 2.45) is 5.41 Å². The van der Waals surface area contributed by atoms with E-state index in [0.717, 1.165) is 0 Å². The highest BCUT2D eigenvalue weighted by atomic mass is 16.2. The van der Waals surface area contributed by atoms with E-state index in [4.69, 9.17) is 0 Å². The molecule has 1 aliphatic carbocycles. The number of hydrogen-bond acceptors (Lipinski definition) is 1. The summed E-state index contributed by atoms with van der Waals surface area (Å²) in [4.78, 5) is 11.2. The Morgan fingerprint density at radius 3 is 2.30 bits per heavy atom. The van der Waals surface area contributed by atoms with Crippen LogP contribution in [0.15, 0.2) is 0 Å². The molecular weight excluding hydrogens is 126 g/mol. The third kappa shape index (κ3) is 2.01. The van der Waals surface area contributed by atoms with Gasteiger partial charge in [0.15, 0.2) is 0 Å². The van der Waals surface area contributed by atoms with Gasteiger partial charge in [0, 0.05) is 12.9 Å². The molecule has 10 heavy (non-hydrogen) atoms. The molecule has 2 heteroatoms. The van der Waals surface area contributed by atoms with Crippen LogP contribution in [0, 0.1) is 5.41 Å². The molecule has 1 saturated carbocycles. The zero-order valence-corrected chi connectivity index (χ0v) is 6.90. The second-order valence-electron chi connectivity index (χ2n) is 4.00. The monoisotopic (exact) mass is 143 g/mol. The Kier molecular flexibility index (Phi) is 1.71. The lowest BCUT2D eigenvalue weighted by atomic mass is 9.96. The highest BCUT2D eigenvalue weighted by molar-refractivity contribution is 5.81. The molecule has 60 valence electrons. The van der Waals surface area contributed by atoms with Crippen LogP contribution in [0.5, 0.6) is 0 Å². The van der Waals surface area contributed by atoms with Crippen LogP contribution in [0.25, 0.3) is 0 Å². The SMILES string of the molecule is CC(C)(C)C(=O)NC1CC1.[HH]. The molecule has 1 rings (SSSR count). The zero-order chi connectivity index (χ0) is 7.78. The molecule has 0 bridgehead atoms. The predicted molar refractivity (Wildman–Crippen MR) is 42.7 cm³/mol. The molecule has 0 aliphatic heterocycles. The van der Waals surface area contributed by atoms with Crippen LogP contribution in [-0.2, 0) is 4.79 Å². The lowest BCUT2D eigenvalue weighted by Crippen LogP contribution is -2.36. The highest BCUT2D eigenvalue weighted by Gasteiger charge is 2.28. The Hall–Kier alpha value is -0.530. The lowest BCUT2D eigenvalue weighted by molar-refractivity contribution is -0.128. The molecule has 0 atom stereocenters. The fraction of sp³-hybridized carbons (Fsp3) is 0.875. The van der Waals surface area contributed by atoms with Crippen LogP contribution in [-0.4, -0.2) is 11.9 Å². The Labute approximate surface area is 63.5 Å². The summed E-state index contributed by atoms with van der Waals surface area (Å²) in [5, 5.41) is 2.95. The maximum atomic E-state index is 11.2. The van der Waals surface area contributed by atoms with Gasteiger partial charge in [-0.15, -0.1) is 0 Å². The molecule has 0 aromatic heterocycles. The van der Waals surface area contributed by atoms with E-state index in [9.17, 15) is 4.79 Å². The summed E-state index contributed by atoms with van der Waals surface area (Å²) in [6.07, 6.45) is 2.34. The Bertz CT molecular complexity index is 147. The first-order valence-electron chi connectivity index (χ1n) is 3.81. The number of rotatable bonds is 1. The van der Waals surface area contributed by atoms with Gasteiger partial charge >= 0.3 is 0 Å². The largest absolute Gasteiger partial charge is 0.353 e. The summed E-state index contributed by atoms with van der Waals surface area (Å²) in [7, 11) is 0. The molecule has 1 aliphatic rings. The smallest absolute Gasteiger partial charge is 0.225 e. The maximum absolute atomic E-state index is 11.2.